The van der Waals surface area contributed by atoms with Gasteiger partial charge in [-0.3, -0.25) is 9.69 Å². The topological polar surface area (TPSA) is 20.3 Å². The summed E-state index contributed by atoms with van der Waals surface area (Å²) in [6.45, 7) is 3.33. The van der Waals surface area contributed by atoms with Crippen molar-refractivity contribution in [3.8, 4) is 0 Å². The number of benzene rings is 2. The molecule has 2 heteroatoms. The van der Waals surface area contributed by atoms with E-state index in [-0.39, 0.29) is 17.9 Å². The van der Waals surface area contributed by atoms with Gasteiger partial charge in [0.1, 0.15) is 0 Å². The van der Waals surface area contributed by atoms with Gasteiger partial charge in [-0.1, -0.05) is 74.0 Å². The maximum Gasteiger partial charge on any atom is 0.154 e. The third-order valence-electron chi connectivity index (χ3n) is 6.07. The van der Waals surface area contributed by atoms with Crippen molar-refractivity contribution >= 4 is 5.78 Å². The summed E-state index contributed by atoms with van der Waals surface area (Å²) in [6, 6.07) is 21.8. The lowest BCUT2D eigenvalue weighted by Crippen LogP contribution is -2.62. The Balaban J connectivity index is 1.77. The Kier molecular flexibility index (Phi) is 4.72. The summed E-state index contributed by atoms with van der Waals surface area (Å²) in [4.78, 5) is 15.8. The molecule has 2 aromatic carbocycles. The van der Waals surface area contributed by atoms with Crippen molar-refractivity contribution in [1.82, 2.24) is 4.90 Å². The van der Waals surface area contributed by atoms with Crippen LogP contribution in [0.5, 0.6) is 0 Å². The Bertz CT molecular complexity index is 672. The zero-order valence-electron chi connectivity index (χ0n) is 15.0. The van der Waals surface area contributed by atoms with Gasteiger partial charge < -0.3 is 0 Å². The number of rotatable bonds is 5. The molecule has 0 spiro atoms. The lowest BCUT2D eigenvalue weighted by Gasteiger charge is -2.52. The van der Waals surface area contributed by atoms with Crippen LogP contribution in [0.25, 0.3) is 0 Å². The van der Waals surface area contributed by atoms with Gasteiger partial charge in [0.25, 0.3) is 0 Å². The molecule has 3 aliphatic rings. The molecule has 2 bridgehead atoms. The number of fused-ring (bicyclic) bond motifs is 3. The zero-order valence-corrected chi connectivity index (χ0v) is 15.0. The van der Waals surface area contributed by atoms with Crippen LogP contribution in [0.1, 0.15) is 49.7 Å². The Morgan fingerprint density at radius 3 is 2.16 bits per heavy atom. The standard InChI is InChI=1S/C23H27NO/c1-2-9-20-16-19-14-15-24(20)22(23(19)25)21(17-10-5-3-6-11-17)18-12-7-4-8-13-18/h3-8,10-13,19-22H,2,9,14-16H2,1H3. The minimum atomic E-state index is -0.00569. The number of carbonyl (C=O) groups excluding carboxylic acids is 1. The summed E-state index contributed by atoms with van der Waals surface area (Å²) >= 11 is 0. The molecule has 3 aliphatic heterocycles. The molecule has 3 fully saturated rings. The highest BCUT2D eigenvalue weighted by molar-refractivity contribution is 5.89. The van der Waals surface area contributed by atoms with Gasteiger partial charge in [0.2, 0.25) is 0 Å². The second-order valence-corrected chi connectivity index (χ2v) is 7.55. The maximum atomic E-state index is 13.3. The molecule has 0 N–H and O–H groups in total. The number of piperidine rings is 3. The zero-order chi connectivity index (χ0) is 17.2. The fourth-order valence-electron chi connectivity index (χ4n) is 4.95. The first-order valence-corrected chi connectivity index (χ1v) is 9.69. The predicted molar refractivity (Wildman–Crippen MR) is 102 cm³/mol. The fraction of sp³-hybridized carbons (Fsp3) is 0.435. The van der Waals surface area contributed by atoms with E-state index in [9.17, 15) is 4.79 Å². The predicted octanol–water partition coefficient (Wildman–Crippen LogP) is 4.65. The molecular weight excluding hydrogens is 306 g/mol. The lowest BCUT2D eigenvalue weighted by molar-refractivity contribution is -0.142. The molecule has 130 valence electrons. The van der Waals surface area contributed by atoms with Crippen molar-refractivity contribution in [2.24, 2.45) is 5.92 Å². The van der Waals surface area contributed by atoms with Crippen molar-refractivity contribution < 1.29 is 4.79 Å². The van der Waals surface area contributed by atoms with Crippen LogP contribution in [0.15, 0.2) is 60.7 Å². The van der Waals surface area contributed by atoms with Crippen LogP contribution in [0.3, 0.4) is 0 Å². The van der Waals surface area contributed by atoms with Crippen LogP contribution in [0.2, 0.25) is 0 Å². The SMILES string of the molecule is CCCC1CC2CCN1C(C(c1ccccc1)c1ccccc1)C2=O. The van der Waals surface area contributed by atoms with Crippen molar-refractivity contribution in [1.29, 1.82) is 0 Å². The van der Waals surface area contributed by atoms with E-state index >= 15 is 0 Å². The third-order valence-corrected chi connectivity index (χ3v) is 6.07. The molecule has 0 aliphatic carbocycles. The van der Waals surface area contributed by atoms with E-state index in [4.69, 9.17) is 0 Å². The second kappa shape index (κ2) is 7.13. The molecule has 0 saturated carbocycles. The number of carbonyl (C=O) groups is 1. The monoisotopic (exact) mass is 333 g/mol. The molecule has 25 heavy (non-hydrogen) atoms. The largest absolute Gasteiger partial charge is 0.298 e. The van der Waals surface area contributed by atoms with Crippen LogP contribution >= 0.6 is 0 Å². The molecule has 5 rings (SSSR count). The number of hydrogen-bond acceptors (Lipinski definition) is 2. The summed E-state index contributed by atoms with van der Waals surface area (Å²) < 4.78 is 0. The van der Waals surface area contributed by atoms with E-state index in [1.165, 1.54) is 24.0 Å². The van der Waals surface area contributed by atoms with Gasteiger partial charge in [0.05, 0.1) is 6.04 Å². The summed E-state index contributed by atoms with van der Waals surface area (Å²) in [5.74, 6) is 0.870. The Morgan fingerprint density at radius 1 is 1.00 bits per heavy atom. The van der Waals surface area contributed by atoms with Crippen molar-refractivity contribution in [3.63, 3.8) is 0 Å². The van der Waals surface area contributed by atoms with Gasteiger partial charge in [-0.15, -0.1) is 0 Å². The first kappa shape index (κ1) is 16.5. The Morgan fingerprint density at radius 2 is 1.60 bits per heavy atom. The van der Waals surface area contributed by atoms with Crippen LogP contribution in [0, 0.1) is 5.92 Å². The fourth-order valence-corrected chi connectivity index (χ4v) is 4.95. The first-order valence-electron chi connectivity index (χ1n) is 9.69. The average Bonchev–Trinajstić information content (AvgIpc) is 2.67. The maximum absolute atomic E-state index is 13.3. The molecular formula is C23H27NO. The molecule has 2 aromatic rings. The van der Waals surface area contributed by atoms with Gasteiger partial charge in [0.15, 0.2) is 5.78 Å². The molecule has 0 amide bonds. The van der Waals surface area contributed by atoms with Gasteiger partial charge in [-0.25, -0.2) is 0 Å². The summed E-state index contributed by atoms with van der Waals surface area (Å²) in [5, 5.41) is 0. The van der Waals surface area contributed by atoms with Crippen molar-refractivity contribution in [3.05, 3.63) is 71.8 Å². The molecule has 2 nitrogen and oxygen atoms in total. The van der Waals surface area contributed by atoms with E-state index in [0.29, 0.717) is 11.8 Å². The van der Waals surface area contributed by atoms with Gasteiger partial charge >= 0.3 is 0 Å². The van der Waals surface area contributed by atoms with Gasteiger partial charge in [0, 0.05) is 17.9 Å². The Labute approximate surface area is 150 Å². The van der Waals surface area contributed by atoms with Gasteiger partial charge in [-0.05, 0) is 36.9 Å². The molecule has 3 heterocycles. The average molecular weight is 333 g/mol. The van der Waals surface area contributed by atoms with Crippen molar-refractivity contribution in [2.45, 2.75) is 50.6 Å². The highest BCUT2D eigenvalue weighted by atomic mass is 16.1. The van der Waals surface area contributed by atoms with Crippen LogP contribution in [0.4, 0.5) is 0 Å². The summed E-state index contributed by atoms with van der Waals surface area (Å²) in [5.41, 5.74) is 2.52. The second-order valence-electron chi connectivity index (χ2n) is 7.55. The molecule has 3 saturated heterocycles. The number of nitrogens with zero attached hydrogens (tertiary/aromatic N) is 1. The highest BCUT2D eigenvalue weighted by Gasteiger charge is 2.49. The van der Waals surface area contributed by atoms with E-state index < -0.39 is 0 Å². The Hall–Kier alpha value is -1.93. The minimum Gasteiger partial charge on any atom is -0.298 e. The van der Waals surface area contributed by atoms with E-state index in [2.05, 4.69) is 72.5 Å². The number of Topliss-reactive ketones (excluding diaryl/α,β-unsaturated/α-hetero) is 1. The number of hydrogen-bond donors (Lipinski definition) is 0. The molecule has 0 radical (unpaired) electrons. The molecule has 0 aromatic heterocycles. The normalized spacial score (nSPS) is 28.5. The van der Waals surface area contributed by atoms with Crippen LogP contribution in [-0.2, 0) is 4.79 Å². The van der Waals surface area contributed by atoms with E-state index in [1.807, 2.05) is 0 Å². The lowest BCUT2D eigenvalue weighted by atomic mass is 9.70. The number of ketones is 1. The molecule has 4 unspecified atom stereocenters. The first-order chi connectivity index (χ1) is 12.3. The van der Waals surface area contributed by atoms with Crippen LogP contribution in [-0.4, -0.2) is 29.3 Å². The quantitative estimate of drug-likeness (QED) is 0.794. The summed E-state index contributed by atoms with van der Waals surface area (Å²) in [6.07, 6.45) is 4.51. The van der Waals surface area contributed by atoms with E-state index in [0.717, 1.165) is 19.4 Å². The highest BCUT2D eigenvalue weighted by Crippen LogP contribution is 2.43. The smallest absolute Gasteiger partial charge is 0.154 e. The minimum absolute atomic E-state index is 0.00569. The van der Waals surface area contributed by atoms with Crippen LogP contribution < -0.4 is 0 Å². The molecule has 4 atom stereocenters. The van der Waals surface area contributed by atoms with E-state index in [1.54, 1.807) is 0 Å². The third kappa shape index (κ3) is 3.04. The summed E-state index contributed by atoms with van der Waals surface area (Å²) in [7, 11) is 0. The van der Waals surface area contributed by atoms with Gasteiger partial charge in [-0.2, -0.15) is 0 Å². The van der Waals surface area contributed by atoms with Crippen molar-refractivity contribution in [2.75, 3.05) is 6.54 Å².